The predicted molar refractivity (Wildman–Crippen MR) is 73.0 cm³/mol. The van der Waals surface area contributed by atoms with Gasteiger partial charge in [-0.2, -0.15) is 0 Å². The van der Waals surface area contributed by atoms with Crippen molar-refractivity contribution in [2.45, 2.75) is 26.2 Å². The van der Waals surface area contributed by atoms with Crippen molar-refractivity contribution in [1.29, 1.82) is 0 Å². The minimum atomic E-state index is -1.11. The molecule has 1 heterocycles. The first-order valence-corrected chi connectivity index (χ1v) is 7.03. The van der Waals surface area contributed by atoms with Gasteiger partial charge >= 0.3 is 5.97 Å². The Kier molecular flexibility index (Phi) is 4.44. The second-order valence-electron chi connectivity index (χ2n) is 4.30. The second kappa shape index (κ2) is 6.09. The zero-order valence-electron chi connectivity index (χ0n) is 10.8. The summed E-state index contributed by atoms with van der Waals surface area (Å²) in [5.74, 6) is -2.59. The Balaban J connectivity index is 2.50. The number of hydrogen-bond donors (Lipinski definition) is 1. The highest BCUT2D eigenvalue weighted by Gasteiger charge is 2.21. The van der Waals surface area contributed by atoms with Gasteiger partial charge in [0.15, 0.2) is 0 Å². The molecule has 0 fully saturated rings. The topological polar surface area (TPSA) is 50.2 Å². The van der Waals surface area contributed by atoms with E-state index in [-0.39, 0.29) is 15.4 Å². The van der Waals surface area contributed by atoms with Crippen LogP contribution in [0.4, 0.5) is 8.78 Å². The lowest BCUT2D eigenvalue weighted by Gasteiger charge is -2.00. The van der Waals surface area contributed by atoms with Crippen molar-refractivity contribution < 1.29 is 18.7 Å². The molecule has 0 aliphatic rings. The minimum absolute atomic E-state index is 0.0519. The Morgan fingerprint density at radius 3 is 2.55 bits per heavy atom. The summed E-state index contributed by atoms with van der Waals surface area (Å²) in [6.45, 7) is 1.98. The van der Waals surface area contributed by atoms with E-state index in [2.05, 4.69) is 4.98 Å². The number of unbranched alkanes of at least 4 members (excludes halogenated alkanes) is 1. The van der Waals surface area contributed by atoms with Crippen molar-refractivity contribution >= 4 is 17.3 Å². The highest BCUT2D eigenvalue weighted by molar-refractivity contribution is 7.17. The van der Waals surface area contributed by atoms with Crippen LogP contribution in [0.3, 0.4) is 0 Å². The van der Waals surface area contributed by atoms with Gasteiger partial charge < -0.3 is 5.11 Å². The van der Waals surface area contributed by atoms with Crippen molar-refractivity contribution in [3.8, 4) is 10.6 Å². The van der Waals surface area contributed by atoms with E-state index in [1.165, 1.54) is 6.07 Å². The number of carboxylic acids is 1. The fourth-order valence-corrected chi connectivity index (χ4v) is 2.84. The molecule has 2 rings (SSSR count). The van der Waals surface area contributed by atoms with Crippen molar-refractivity contribution in [3.63, 3.8) is 0 Å². The third-order valence-electron chi connectivity index (χ3n) is 2.84. The van der Waals surface area contributed by atoms with Crippen LogP contribution in [0.15, 0.2) is 18.2 Å². The molecule has 0 saturated carbocycles. The number of aromatic carboxylic acids is 1. The van der Waals surface area contributed by atoms with Gasteiger partial charge in [-0.25, -0.2) is 18.6 Å². The average Bonchev–Trinajstić information content (AvgIpc) is 2.80. The van der Waals surface area contributed by atoms with Crippen LogP contribution < -0.4 is 0 Å². The number of carbonyl (C=O) groups is 1. The summed E-state index contributed by atoms with van der Waals surface area (Å²) in [5.41, 5.74) is 0.129. The van der Waals surface area contributed by atoms with E-state index in [0.717, 1.165) is 36.3 Å². The average molecular weight is 297 g/mol. The molecular weight excluding hydrogens is 284 g/mol. The number of hydrogen-bond acceptors (Lipinski definition) is 3. The third kappa shape index (κ3) is 2.85. The largest absolute Gasteiger partial charge is 0.477 e. The van der Waals surface area contributed by atoms with Crippen LogP contribution in [-0.2, 0) is 6.42 Å². The number of benzene rings is 1. The Bertz CT molecular complexity index is 620. The molecule has 0 bridgehead atoms. The van der Waals surface area contributed by atoms with Gasteiger partial charge in [0.1, 0.15) is 21.5 Å². The molecular formula is C14H13F2NO2S. The zero-order chi connectivity index (χ0) is 14.7. The van der Waals surface area contributed by atoms with Crippen LogP contribution in [0.2, 0.25) is 0 Å². The summed E-state index contributed by atoms with van der Waals surface area (Å²) in [4.78, 5) is 15.4. The maximum Gasteiger partial charge on any atom is 0.347 e. The Hall–Kier alpha value is -1.82. The zero-order valence-corrected chi connectivity index (χ0v) is 11.6. The molecule has 2 aromatic rings. The maximum absolute atomic E-state index is 13.7. The van der Waals surface area contributed by atoms with Crippen LogP contribution in [0.25, 0.3) is 10.6 Å². The molecule has 0 saturated heterocycles. The highest BCUT2D eigenvalue weighted by atomic mass is 32.1. The van der Waals surface area contributed by atoms with Gasteiger partial charge in [0.05, 0.1) is 11.3 Å². The Morgan fingerprint density at radius 2 is 2.00 bits per heavy atom. The van der Waals surface area contributed by atoms with Crippen LogP contribution in [0.5, 0.6) is 0 Å². The Morgan fingerprint density at radius 1 is 1.35 bits per heavy atom. The molecule has 3 nitrogen and oxygen atoms in total. The smallest absolute Gasteiger partial charge is 0.347 e. The predicted octanol–water partition coefficient (Wildman–Crippen LogP) is 4.13. The lowest BCUT2D eigenvalue weighted by molar-refractivity contribution is 0.0700. The normalized spacial score (nSPS) is 10.8. The number of halogens is 2. The SMILES string of the molecule is CCCCc1nc(-c2c(F)cccc2F)sc1C(=O)O. The van der Waals surface area contributed by atoms with E-state index in [1.807, 2.05) is 6.92 Å². The molecule has 0 aliphatic carbocycles. The van der Waals surface area contributed by atoms with Gasteiger partial charge in [0.25, 0.3) is 0 Å². The van der Waals surface area contributed by atoms with E-state index in [4.69, 9.17) is 5.11 Å². The summed E-state index contributed by atoms with van der Waals surface area (Å²) in [5, 5.41) is 9.22. The van der Waals surface area contributed by atoms with Crippen molar-refractivity contribution in [2.75, 3.05) is 0 Å². The standard InChI is InChI=1S/C14H13F2NO2S/c1-2-3-7-10-12(14(18)19)20-13(17-10)11-8(15)5-4-6-9(11)16/h4-6H,2-3,7H2,1H3,(H,18,19). The molecule has 6 heteroatoms. The van der Waals surface area contributed by atoms with E-state index in [9.17, 15) is 13.6 Å². The lowest BCUT2D eigenvalue weighted by atomic mass is 10.2. The fourth-order valence-electron chi connectivity index (χ4n) is 1.84. The first-order chi connectivity index (χ1) is 9.54. The first kappa shape index (κ1) is 14.6. The van der Waals surface area contributed by atoms with Gasteiger partial charge in [0.2, 0.25) is 0 Å². The number of carboxylic acid groups (broad SMARTS) is 1. The van der Waals surface area contributed by atoms with E-state index in [0.29, 0.717) is 12.1 Å². The van der Waals surface area contributed by atoms with E-state index in [1.54, 1.807) is 0 Å². The summed E-state index contributed by atoms with van der Waals surface area (Å²) in [7, 11) is 0. The van der Waals surface area contributed by atoms with Crippen LogP contribution in [0, 0.1) is 11.6 Å². The first-order valence-electron chi connectivity index (χ1n) is 6.22. The lowest BCUT2D eigenvalue weighted by Crippen LogP contribution is -1.98. The van der Waals surface area contributed by atoms with Crippen molar-refractivity contribution in [3.05, 3.63) is 40.4 Å². The molecule has 1 aromatic carbocycles. The minimum Gasteiger partial charge on any atom is -0.477 e. The summed E-state index contributed by atoms with van der Waals surface area (Å²) in [6.07, 6.45) is 2.16. The summed E-state index contributed by atoms with van der Waals surface area (Å²) in [6, 6.07) is 3.52. The molecule has 1 aromatic heterocycles. The van der Waals surface area contributed by atoms with Crippen LogP contribution in [0.1, 0.15) is 35.1 Å². The fraction of sp³-hybridized carbons (Fsp3) is 0.286. The third-order valence-corrected chi connectivity index (χ3v) is 3.94. The van der Waals surface area contributed by atoms with E-state index < -0.39 is 17.6 Å². The quantitative estimate of drug-likeness (QED) is 0.902. The van der Waals surface area contributed by atoms with Gasteiger partial charge in [-0.15, -0.1) is 11.3 Å². The molecule has 0 radical (unpaired) electrons. The molecule has 0 atom stereocenters. The van der Waals surface area contributed by atoms with Crippen LogP contribution in [-0.4, -0.2) is 16.1 Å². The Labute approximate surface area is 118 Å². The van der Waals surface area contributed by atoms with E-state index >= 15 is 0 Å². The van der Waals surface area contributed by atoms with Crippen molar-refractivity contribution in [1.82, 2.24) is 4.98 Å². The van der Waals surface area contributed by atoms with Crippen LogP contribution >= 0.6 is 11.3 Å². The summed E-state index contributed by atoms with van der Waals surface area (Å²) >= 11 is 0.809. The maximum atomic E-state index is 13.7. The van der Waals surface area contributed by atoms with Gasteiger partial charge in [0, 0.05) is 0 Å². The molecule has 0 amide bonds. The number of rotatable bonds is 5. The monoisotopic (exact) mass is 297 g/mol. The number of nitrogens with zero attached hydrogens (tertiary/aromatic N) is 1. The van der Waals surface area contributed by atoms with Gasteiger partial charge in [-0.3, -0.25) is 0 Å². The molecule has 1 N–H and O–H groups in total. The number of aromatic nitrogens is 1. The molecule has 0 spiro atoms. The molecule has 0 unspecified atom stereocenters. The van der Waals surface area contributed by atoms with Gasteiger partial charge in [-0.1, -0.05) is 19.4 Å². The van der Waals surface area contributed by atoms with Gasteiger partial charge in [-0.05, 0) is 25.0 Å². The number of aryl methyl sites for hydroxylation is 1. The second-order valence-corrected chi connectivity index (χ2v) is 5.30. The van der Waals surface area contributed by atoms with Crippen molar-refractivity contribution in [2.24, 2.45) is 0 Å². The molecule has 106 valence electrons. The summed E-state index contributed by atoms with van der Waals surface area (Å²) < 4.78 is 27.4. The molecule has 0 aliphatic heterocycles. The number of thiazole rings is 1. The highest BCUT2D eigenvalue weighted by Crippen LogP contribution is 2.32. The molecule has 20 heavy (non-hydrogen) atoms.